The van der Waals surface area contributed by atoms with E-state index in [1.54, 1.807) is 0 Å². The SMILES string of the molecule is c1ccc(-c2ccc(N(c3ccccc3)c3ccc4c5c(ccc4c3)-c3c(cc(N(c4ccccc4)c4ccc(-c6ccccc6)cc4)c4ccccc34)C53c4ccccc4-c4ccccc43)cc2)cc1. The van der Waals surface area contributed by atoms with Crippen molar-refractivity contribution in [2.24, 2.45) is 0 Å². The second-order valence-electron chi connectivity index (χ2n) is 18.8. The smallest absolute Gasteiger partial charge is 0.0732 e. The van der Waals surface area contributed by atoms with Crippen LogP contribution in [0.15, 0.2) is 279 Å². The van der Waals surface area contributed by atoms with Crippen molar-refractivity contribution in [2.45, 2.75) is 5.41 Å². The molecule has 2 aliphatic carbocycles. The van der Waals surface area contributed by atoms with E-state index < -0.39 is 5.41 Å². The maximum absolute atomic E-state index is 2.55. The third-order valence-electron chi connectivity index (χ3n) is 15.0. The molecule has 2 aliphatic rings. The lowest BCUT2D eigenvalue weighted by atomic mass is 9.69. The Morgan fingerprint density at radius 2 is 0.690 bits per heavy atom. The monoisotopic (exact) mass is 902 g/mol. The van der Waals surface area contributed by atoms with Gasteiger partial charge in [-0.3, -0.25) is 0 Å². The largest absolute Gasteiger partial charge is 0.310 e. The Morgan fingerprint density at radius 1 is 0.254 bits per heavy atom. The van der Waals surface area contributed by atoms with Gasteiger partial charge < -0.3 is 9.80 Å². The zero-order valence-electron chi connectivity index (χ0n) is 39.0. The minimum absolute atomic E-state index is 0.608. The molecular formula is C69H46N2. The minimum atomic E-state index is -0.608. The lowest BCUT2D eigenvalue weighted by Crippen LogP contribution is -2.26. The van der Waals surface area contributed by atoms with Gasteiger partial charge in [-0.1, -0.05) is 212 Å². The van der Waals surface area contributed by atoms with Gasteiger partial charge >= 0.3 is 0 Å². The van der Waals surface area contributed by atoms with Crippen LogP contribution >= 0.6 is 0 Å². The summed E-state index contributed by atoms with van der Waals surface area (Å²) in [5.41, 5.74) is 21.3. The van der Waals surface area contributed by atoms with Gasteiger partial charge in [0.15, 0.2) is 0 Å². The van der Waals surface area contributed by atoms with E-state index in [0.29, 0.717) is 0 Å². The summed E-state index contributed by atoms with van der Waals surface area (Å²) in [6, 6.07) is 103. The van der Waals surface area contributed by atoms with Crippen LogP contribution in [-0.4, -0.2) is 0 Å². The predicted molar refractivity (Wildman–Crippen MR) is 298 cm³/mol. The van der Waals surface area contributed by atoms with Crippen LogP contribution in [0.2, 0.25) is 0 Å². The molecule has 71 heavy (non-hydrogen) atoms. The summed E-state index contributed by atoms with van der Waals surface area (Å²) in [5, 5.41) is 4.90. The number of hydrogen-bond donors (Lipinski definition) is 0. The molecular weight excluding hydrogens is 857 g/mol. The molecule has 12 aromatic carbocycles. The van der Waals surface area contributed by atoms with Crippen molar-refractivity contribution in [1.82, 2.24) is 0 Å². The number of hydrogen-bond acceptors (Lipinski definition) is 2. The second kappa shape index (κ2) is 16.5. The first kappa shape index (κ1) is 40.8. The van der Waals surface area contributed by atoms with Gasteiger partial charge in [-0.25, -0.2) is 0 Å². The molecule has 0 saturated heterocycles. The molecule has 0 unspecified atom stereocenters. The topological polar surface area (TPSA) is 6.48 Å². The van der Waals surface area contributed by atoms with Gasteiger partial charge in [0.25, 0.3) is 0 Å². The normalized spacial score (nSPS) is 12.6. The zero-order valence-corrected chi connectivity index (χ0v) is 39.0. The highest BCUT2D eigenvalue weighted by Crippen LogP contribution is 2.66. The molecule has 14 rings (SSSR count). The van der Waals surface area contributed by atoms with E-state index in [-0.39, 0.29) is 0 Å². The number of fused-ring (bicyclic) bond motifs is 14. The van der Waals surface area contributed by atoms with Gasteiger partial charge in [0.05, 0.1) is 11.1 Å². The molecule has 0 aliphatic heterocycles. The Labute approximate surface area is 414 Å². The van der Waals surface area contributed by atoms with E-state index in [0.717, 1.165) is 34.1 Å². The minimum Gasteiger partial charge on any atom is -0.310 e. The van der Waals surface area contributed by atoms with Gasteiger partial charge in [0.1, 0.15) is 0 Å². The van der Waals surface area contributed by atoms with Gasteiger partial charge in [-0.2, -0.15) is 0 Å². The van der Waals surface area contributed by atoms with Crippen molar-refractivity contribution in [2.75, 3.05) is 9.80 Å². The average Bonchev–Trinajstić information content (AvgIpc) is 3.94. The van der Waals surface area contributed by atoms with E-state index in [1.165, 1.54) is 88.3 Å². The first-order valence-electron chi connectivity index (χ1n) is 24.6. The first-order chi connectivity index (χ1) is 35.2. The number of nitrogens with zero attached hydrogens (tertiary/aromatic N) is 2. The fraction of sp³-hybridized carbons (Fsp3) is 0.0145. The second-order valence-corrected chi connectivity index (χ2v) is 18.8. The van der Waals surface area contributed by atoms with E-state index >= 15 is 0 Å². The van der Waals surface area contributed by atoms with Crippen LogP contribution in [0.5, 0.6) is 0 Å². The maximum atomic E-state index is 2.55. The summed E-state index contributed by atoms with van der Waals surface area (Å²) in [6.07, 6.45) is 0. The van der Waals surface area contributed by atoms with Crippen molar-refractivity contribution >= 4 is 55.7 Å². The van der Waals surface area contributed by atoms with Crippen molar-refractivity contribution in [3.05, 3.63) is 301 Å². The number of para-hydroxylation sites is 2. The molecule has 0 heterocycles. The fourth-order valence-corrected chi connectivity index (χ4v) is 12.0. The summed E-state index contributed by atoms with van der Waals surface area (Å²) in [7, 11) is 0. The Hall–Kier alpha value is -9.24. The Bertz CT molecular complexity index is 3910. The standard InChI is InChI=1S/C69H46N2/c1-5-19-47(20-6-1)49-33-38-54(39-34-49)70(52-23-9-3-10-24-52)56-42-44-57-51(45-56)37-43-62-67-61-30-14-13-29-60(61)66(46-65(67)69(68(57)62)63-31-17-15-27-58(63)59-28-16-18-32-64(59)69)71(53-25-11-4-12-26-53)55-40-35-50(36-41-55)48-21-7-2-8-22-48/h1-46H. The lowest BCUT2D eigenvalue weighted by Gasteiger charge is -2.34. The molecule has 0 N–H and O–H groups in total. The Kier molecular flexibility index (Phi) is 9.47. The van der Waals surface area contributed by atoms with Crippen LogP contribution in [0, 0.1) is 0 Å². The van der Waals surface area contributed by atoms with E-state index in [4.69, 9.17) is 0 Å². The molecule has 0 saturated carbocycles. The molecule has 0 amide bonds. The van der Waals surface area contributed by atoms with Gasteiger partial charge in [-0.05, 0) is 150 Å². The summed E-state index contributed by atoms with van der Waals surface area (Å²) < 4.78 is 0. The van der Waals surface area contributed by atoms with Crippen LogP contribution < -0.4 is 9.80 Å². The molecule has 2 heteroatoms. The van der Waals surface area contributed by atoms with Crippen molar-refractivity contribution in [3.8, 4) is 44.5 Å². The first-order valence-corrected chi connectivity index (χ1v) is 24.6. The fourth-order valence-electron chi connectivity index (χ4n) is 12.0. The lowest BCUT2D eigenvalue weighted by molar-refractivity contribution is 0.802. The highest BCUT2D eigenvalue weighted by molar-refractivity contribution is 6.15. The third-order valence-corrected chi connectivity index (χ3v) is 15.0. The number of benzene rings is 12. The predicted octanol–water partition coefficient (Wildman–Crippen LogP) is 18.6. The summed E-state index contributed by atoms with van der Waals surface area (Å²) in [6.45, 7) is 0. The third kappa shape index (κ3) is 6.35. The molecule has 0 bridgehead atoms. The summed E-state index contributed by atoms with van der Waals surface area (Å²) >= 11 is 0. The Morgan fingerprint density at radius 3 is 1.27 bits per heavy atom. The van der Waals surface area contributed by atoms with E-state index in [2.05, 4.69) is 289 Å². The zero-order chi connectivity index (χ0) is 46.9. The molecule has 12 aromatic rings. The van der Waals surface area contributed by atoms with Crippen LogP contribution in [0.1, 0.15) is 22.3 Å². The van der Waals surface area contributed by atoms with Gasteiger partial charge in [0, 0.05) is 33.8 Å². The van der Waals surface area contributed by atoms with Crippen molar-refractivity contribution < 1.29 is 0 Å². The summed E-state index contributed by atoms with van der Waals surface area (Å²) in [5.74, 6) is 0. The van der Waals surface area contributed by atoms with Crippen LogP contribution in [0.25, 0.3) is 66.1 Å². The van der Waals surface area contributed by atoms with Crippen LogP contribution in [-0.2, 0) is 5.41 Å². The van der Waals surface area contributed by atoms with Crippen molar-refractivity contribution in [3.63, 3.8) is 0 Å². The molecule has 0 aromatic heterocycles. The molecule has 0 radical (unpaired) electrons. The van der Waals surface area contributed by atoms with Crippen LogP contribution in [0.3, 0.4) is 0 Å². The number of anilines is 6. The molecule has 0 atom stereocenters. The molecule has 332 valence electrons. The van der Waals surface area contributed by atoms with Crippen molar-refractivity contribution in [1.29, 1.82) is 0 Å². The van der Waals surface area contributed by atoms with Gasteiger partial charge in [-0.15, -0.1) is 0 Å². The highest BCUT2D eigenvalue weighted by atomic mass is 15.1. The van der Waals surface area contributed by atoms with E-state index in [9.17, 15) is 0 Å². The quantitative estimate of drug-likeness (QED) is 0.150. The molecule has 2 nitrogen and oxygen atoms in total. The Balaban J connectivity index is 1.01. The molecule has 0 fully saturated rings. The van der Waals surface area contributed by atoms with Gasteiger partial charge in [0.2, 0.25) is 0 Å². The van der Waals surface area contributed by atoms with E-state index in [1.807, 2.05) is 0 Å². The maximum Gasteiger partial charge on any atom is 0.0732 e. The molecule has 1 spiro atoms. The highest BCUT2D eigenvalue weighted by Gasteiger charge is 2.53. The number of rotatable bonds is 8. The summed E-state index contributed by atoms with van der Waals surface area (Å²) in [4.78, 5) is 4.85. The van der Waals surface area contributed by atoms with Crippen LogP contribution in [0.4, 0.5) is 34.1 Å². The average molecular weight is 903 g/mol.